The van der Waals surface area contributed by atoms with E-state index in [9.17, 15) is 5.26 Å². The predicted octanol–water partition coefficient (Wildman–Crippen LogP) is 1.22. The van der Waals surface area contributed by atoms with Gasteiger partial charge in [-0.15, -0.1) is 0 Å². The van der Waals surface area contributed by atoms with Gasteiger partial charge < -0.3 is 14.9 Å². The Bertz CT molecular complexity index is 392. The molecule has 0 heterocycles. The van der Waals surface area contributed by atoms with E-state index in [0.717, 1.165) is 0 Å². The van der Waals surface area contributed by atoms with Gasteiger partial charge in [0.2, 0.25) is 0 Å². The Labute approximate surface area is 101 Å². The molecule has 17 heavy (non-hydrogen) atoms. The summed E-state index contributed by atoms with van der Waals surface area (Å²) in [5.41, 5.74) is -0.177. The molecule has 0 aliphatic rings. The quantitative estimate of drug-likeness (QED) is 0.777. The van der Waals surface area contributed by atoms with Crippen LogP contribution in [0, 0.1) is 11.3 Å². The lowest BCUT2D eigenvalue weighted by atomic mass is 9.76. The lowest BCUT2D eigenvalue weighted by Crippen LogP contribution is -2.27. The first-order valence-electron chi connectivity index (χ1n) is 5.50. The van der Waals surface area contributed by atoms with Gasteiger partial charge in [0.25, 0.3) is 0 Å². The van der Waals surface area contributed by atoms with E-state index in [2.05, 4.69) is 6.07 Å². The van der Waals surface area contributed by atoms with E-state index in [1.165, 1.54) is 0 Å². The van der Waals surface area contributed by atoms with Gasteiger partial charge in [0, 0.05) is 18.8 Å². The number of aliphatic hydroxyl groups excluding tert-OH is 2. The van der Waals surface area contributed by atoms with Crippen LogP contribution in [0.1, 0.15) is 18.4 Å². The number of para-hydroxylation sites is 1. The average Bonchev–Trinajstić information content (AvgIpc) is 2.38. The van der Waals surface area contributed by atoms with Crippen molar-refractivity contribution in [3.05, 3.63) is 29.8 Å². The van der Waals surface area contributed by atoms with Gasteiger partial charge in [-0.2, -0.15) is 5.26 Å². The molecule has 0 bridgehead atoms. The van der Waals surface area contributed by atoms with Crippen molar-refractivity contribution in [2.75, 3.05) is 20.3 Å². The fraction of sp³-hybridized carbons (Fsp3) is 0.462. The molecule has 2 N–H and O–H groups in total. The van der Waals surface area contributed by atoms with Gasteiger partial charge in [-0.05, 0) is 18.9 Å². The normalized spacial score (nSPS) is 10.9. The van der Waals surface area contributed by atoms with Crippen LogP contribution < -0.4 is 4.74 Å². The third-order valence-corrected chi connectivity index (χ3v) is 2.91. The average molecular weight is 235 g/mol. The first kappa shape index (κ1) is 13.5. The van der Waals surface area contributed by atoms with Crippen LogP contribution in [0.15, 0.2) is 24.3 Å². The molecule has 92 valence electrons. The van der Waals surface area contributed by atoms with Gasteiger partial charge >= 0.3 is 0 Å². The molecule has 1 aromatic rings. The Hall–Kier alpha value is -1.57. The van der Waals surface area contributed by atoms with Crippen molar-refractivity contribution in [3.8, 4) is 11.8 Å². The van der Waals surface area contributed by atoms with Crippen LogP contribution in [0.25, 0.3) is 0 Å². The second-order valence-electron chi connectivity index (χ2n) is 3.84. The molecule has 0 spiro atoms. The zero-order chi connectivity index (χ0) is 12.7. The third kappa shape index (κ3) is 2.76. The van der Waals surface area contributed by atoms with E-state index < -0.39 is 5.41 Å². The highest BCUT2D eigenvalue weighted by atomic mass is 16.5. The molecule has 4 heteroatoms. The van der Waals surface area contributed by atoms with Gasteiger partial charge in [-0.25, -0.2) is 0 Å². The van der Waals surface area contributed by atoms with Crippen LogP contribution in [0.2, 0.25) is 0 Å². The van der Waals surface area contributed by atoms with Crippen molar-refractivity contribution in [2.24, 2.45) is 0 Å². The molecule has 0 saturated carbocycles. The smallest absolute Gasteiger partial charge is 0.123 e. The topological polar surface area (TPSA) is 73.5 Å². The predicted molar refractivity (Wildman–Crippen MR) is 63.7 cm³/mol. The first-order chi connectivity index (χ1) is 8.24. The highest BCUT2D eigenvalue weighted by Crippen LogP contribution is 2.36. The first-order valence-corrected chi connectivity index (χ1v) is 5.50. The van der Waals surface area contributed by atoms with E-state index in [1.54, 1.807) is 19.2 Å². The number of nitriles is 1. The lowest BCUT2D eigenvalue weighted by Gasteiger charge is -2.27. The Morgan fingerprint density at radius 1 is 1.24 bits per heavy atom. The molecule has 0 aliphatic heterocycles. The highest BCUT2D eigenvalue weighted by molar-refractivity contribution is 5.43. The fourth-order valence-electron chi connectivity index (χ4n) is 1.99. The molecule has 0 aromatic heterocycles. The van der Waals surface area contributed by atoms with Gasteiger partial charge in [-0.1, -0.05) is 18.2 Å². The summed E-state index contributed by atoms with van der Waals surface area (Å²) in [6.07, 6.45) is 0.564. The molecule has 0 amide bonds. The van der Waals surface area contributed by atoms with Crippen LogP contribution in [-0.4, -0.2) is 30.5 Å². The van der Waals surface area contributed by atoms with E-state index in [-0.39, 0.29) is 26.1 Å². The Kier molecular flexibility index (Phi) is 4.95. The van der Waals surface area contributed by atoms with E-state index in [4.69, 9.17) is 14.9 Å². The van der Waals surface area contributed by atoms with Crippen molar-refractivity contribution in [1.82, 2.24) is 0 Å². The minimum absolute atomic E-state index is 0.106. The fourth-order valence-corrected chi connectivity index (χ4v) is 1.99. The number of aliphatic hydroxyl groups is 2. The summed E-state index contributed by atoms with van der Waals surface area (Å²) in [4.78, 5) is 0. The summed E-state index contributed by atoms with van der Waals surface area (Å²) in [6.45, 7) is -0.211. The molecule has 0 fully saturated rings. The minimum atomic E-state index is -0.893. The molecular formula is C13H17NO3. The largest absolute Gasteiger partial charge is 0.496 e. The summed E-state index contributed by atoms with van der Waals surface area (Å²) in [5, 5.41) is 27.6. The van der Waals surface area contributed by atoms with Gasteiger partial charge in [0.05, 0.1) is 18.6 Å². The van der Waals surface area contributed by atoms with Crippen LogP contribution in [0.3, 0.4) is 0 Å². The maximum absolute atomic E-state index is 9.38. The number of rotatable bonds is 6. The van der Waals surface area contributed by atoms with E-state index in [0.29, 0.717) is 11.3 Å². The van der Waals surface area contributed by atoms with Crippen LogP contribution in [0.4, 0.5) is 0 Å². The SMILES string of the molecule is COc1ccccc1C(C#N)(CCO)CCO. The number of hydrogen-bond acceptors (Lipinski definition) is 4. The second kappa shape index (κ2) is 6.24. The van der Waals surface area contributed by atoms with Gasteiger partial charge in [0.1, 0.15) is 5.75 Å². The molecule has 4 nitrogen and oxygen atoms in total. The summed E-state index contributed by atoms with van der Waals surface area (Å²) in [6, 6.07) is 9.42. The maximum atomic E-state index is 9.38. The van der Waals surface area contributed by atoms with Crippen molar-refractivity contribution in [1.29, 1.82) is 5.26 Å². The molecule has 0 radical (unpaired) electrons. The monoisotopic (exact) mass is 235 g/mol. The van der Waals surface area contributed by atoms with Gasteiger partial charge in [-0.3, -0.25) is 0 Å². The standard InChI is InChI=1S/C13H17NO3/c1-17-12-5-3-2-4-11(12)13(10-14,6-8-15)7-9-16/h2-5,15-16H,6-9H2,1H3. The second-order valence-corrected chi connectivity index (χ2v) is 3.84. The molecule has 0 saturated heterocycles. The Morgan fingerprint density at radius 3 is 2.29 bits per heavy atom. The summed E-state index contributed by atoms with van der Waals surface area (Å²) in [7, 11) is 1.54. The zero-order valence-electron chi connectivity index (χ0n) is 9.89. The minimum Gasteiger partial charge on any atom is -0.496 e. The number of benzene rings is 1. The zero-order valence-corrected chi connectivity index (χ0v) is 9.89. The third-order valence-electron chi connectivity index (χ3n) is 2.91. The van der Waals surface area contributed by atoms with Crippen LogP contribution in [0.5, 0.6) is 5.75 Å². The van der Waals surface area contributed by atoms with Crippen molar-refractivity contribution in [3.63, 3.8) is 0 Å². The van der Waals surface area contributed by atoms with Crippen molar-refractivity contribution in [2.45, 2.75) is 18.3 Å². The summed E-state index contributed by atoms with van der Waals surface area (Å²) >= 11 is 0. The molecule has 1 rings (SSSR count). The van der Waals surface area contributed by atoms with E-state index >= 15 is 0 Å². The number of nitrogens with zero attached hydrogens (tertiary/aromatic N) is 1. The van der Waals surface area contributed by atoms with E-state index in [1.807, 2.05) is 12.1 Å². The van der Waals surface area contributed by atoms with Crippen LogP contribution >= 0.6 is 0 Å². The van der Waals surface area contributed by atoms with Gasteiger partial charge in [0.15, 0.2) is 0 Å². The highest BCUT2D eigenvalue weighted by Gasteiger charge is 2.33. The maximum Gasteiger partial charge on any atom is 0.123 e. The van der Waals surface area contributed by atoms with Crippen LogP contribution in [-0.2, 0) is 5.41 Å². The molecule has 0 unspecified atom stereocenters. The molecular weight excluding hydrogens is 218 g/mol. The molecule has 0 atom stereocenters. The molecule has 0 aliphatic carbocycles. The summed E-state index contributed by atoms with van der Waals surface area (Å²) < 4.78 is 5.23. The number of ether oxygens (including phenoxy) is 1. The molecule has 1 aromatic carbocycles. The Morgan fingerprint density at radius 2 is 1.82 bits per heavy atom. The lowest BCUT2D eigenvalue weighted by molar-refractivity contribution is 0.215. The number of hydrogen-bond donors (Lipinski definition) is 2. The Balaban J connectivity index is 3.25. The summed E-state index contributed by atoms with van der Waals surface area (Å²) in [5.74, 6) is 0.607. The van der Waals surface area contributed by atoms with Crippen molar-refractivity contribution >= 4 is 0 Å². The number of methoxy groups -OCH3 is 1. The van der Waals surface area contributed by atoms with Crippen molar-refractivity contribution < 1.29 is 14.9 Å².